The zero-order valence-electron chi connectivity index (χ0n) is 14.8. The molecule has 1 saturated heterocycles. The number of nitrogens with one attached hydrogen (secondary N) is 1. The molecular formula is C19H23N3O3. The van der Waals surface area contributed by atoms with Crippen molar-refractivity contribution >= 4 is 11.7 Å². The summed E-state index contributed by atoms with van der Waals surface area (Å²) >= 11 is 0. The number of carbonyl (C=O) groups excluding carboxylic acids is 2. The first-order valence-electron chi connectivity index (χ1n) is 8.35. The van der Waals surface area contributed by atoms with Crippen molar-refractivity contribution in [3.8, 4) is 5.75 Å². The van der Waals surface area contributed by atoms with Crippen LogP contribution in [0, 0.1) is 0 Å². The smallest absolute Gasteiger partial charge is 0.271 e. The largest absolute Gasteiger partial charge is 0.496 e. The lowest BCUT2D eigenvalue weighted by atomic mass is 10.0. The number of hydrogen-bond donors (Lipinski definition) is 1. The summed E-state index contributed by atoms with van der Waals surface area (Å²) in [5, 5.41) is 3.35. The Balaban J connectivity index is 1.96. The molecule has 6 nitrogen and oxygen atoms in total. The van der Waals surface area contributed by atoms with Crippen LogP contribution in [0.15, 0.2) is 36.5 Å². The van der Waals surface area contributed by atoms with Gasteiger partial charge in [0.2, 0.25) is 0 Å². The van der Waals surface area contributed by atoms with Crippen LogP contribution in [0.4, 0.5) is 0 Å². The second-order valence-electron chi connectivity index (χ2n) is 6.24. The maximum Gasteiger partial charge on any atom is 0.271 e. The number of carbonyl (C=O) groups is 2. The number of hydrogen-bond acceptors (Lipinski definition) is 4. The third-order valence-electron chi connectivity index (χ3n) is 4.63. The molecule has 132 valence electrons. The Morgan fingerprint density at radius 3 is 2.72 bits per heavy atom. The van der Waals surface area contributed by atoms with Gasteiger partial charge in [-0.05, 0) is 19.1 Å². The van der Waals surface area contributed by atoms with Gasteiger partial charge >= 0.3 is 0 Å². The van der Waals surface area contributed by atoms with E-state index in [1.807, 2.05) is 29.2 Å². The van der Waals surface area contributed by atoms with E-state index in [1.165, 1.54) is 6.92 Å². The molecule has 25 heavy (non-hydrogen) atoms. The lowest BCUT2D eigenvalue weighted by molar-refractivity contribution is 0.0622. The zero-order chi connectivity index (χ0) is 18.0. The fourth-order valence-corrected chi connectivity index (χ4v) is 3.28. The van der Waals surface area contributed by atoms with Crippen molar-refractivity contribution in [3.05, 3.63) is 53.3 Å². The van der Waals surface area contributed by atoms with Crippen LogP contribution in [0.5, 0.6) is 5.75 Å². The van der Waals surface area contributed by atoms with E-state index < -0.39 is 0 Å². The molecule has 1 fully saturated rings. The summed E-state index contributed by atoms with van der Waals surface area (Å²) in [7, 11) is 3.43. The Morgan fingerprint density at radius 2 is 2.04 bits per heavy atom. The van der Waals surface area contributed by atoms with Crippen LogP contribution in [0.1, 0.15) is 39.4 Å². The van der Waals surface area contributed by atoms with Gasteiger partial charge < -0.3 is 19.5 Å². The van der Waals surface area contributed by atoms with E-state index in [0.29, 0.717) is 24.3 Å². The minimum atomic E-state index is -0.118. The fraction of sp³-hybridized carbons (Fsp3) is 0.368. The lowest BCUT2D eigenvalue weighted by Crippen LogP contribution is -2.49. The molecule has 1 amide bonds. The summed E-state index contributed by atoms with van der Waals surface area (Å²) in [6.07, 6.45) is 1.70. The van der Waals surface area contributed by atoms with E-state index in [9.17, 15) is 9.59 Å². The zero-order valence-corrected chi connectivity index (χ0v) is 14.8. The van der Waals surface area contributed by atoms with Gasteiger partial charge in [-0.15, -0.1) is 0 Å². The maximum atomic E-state index is 13.2. The van der Waals surface area contributed by atoms with E-state index in [0.717, 1.165) is 17.9 Å². The number of aromatic nitrogens is 1. The van der Waals surface area contributed by atoms with Crippen molar-refractivity contribution in [1.82, 2.24) is 14.8 Å². The predicted octanol–water partition coefficient (Wildman–Crippen LogP) is 2.02. The van der Waals surface area contributed by atoms with Crippen molar-refractivity contribution in [1.29, 1.82) is 0 Å². The lowest BCUT2D eigenvalue weighted by Gasteiger charge is -2.37. The molecule has 1 aromatic carbocycles. The summed E-state index contributed by atoms with van der Waals surface area (Å²) in [6.45, 7) is 3.51. The van der Waals surface area contributed by atoms with Crippen LogP contribution in [-0.4, -0.2) is 47.9 Å². The van der Waals surface area contributed by atoms with Crippen LogP contribution >= 0.6 is 0 Å². The minimum Gasteiger partial charge on any atom is -0.496 e. The third-order valence-corrected chi connectivity index (χ3v) is 4.63. The molecule has 0 saturated carbocycles. The quantitative estimate of drug-likeness (QED) is 0.864. The Labute approximate surface area is 147 Å². The normalized spacial score (nSPS) is 17.4. The molecule has 0 aliphatic carbocycles. The van der Waals surface area contributed by atoms with Crippen molar-refractivity contribution in [2.24, 2.45) is 7.05 Å². The van der Waals surface area contributed by atoms with Crippen LogP contribution in [0.2, 0.25) is 0 Å². The summed E-state index contributed by atoms with van der Waals surface area (Å²) in [6, 6.07) is 9.32. The van der Waals surface area contributed by atoms with E-state index in [1.54, 1.807) is 31.0 Å². The number of piperazine rings is 1. The number of Topliss-reactive ketones (excluding diaryl/α,β-unsaturated/α-hetero) is 1. The molecule has 2 heterocycles. The molecule has 2 aromatic rings. The molecule has 0 radical (unpaired) electrons. The first-order valence-corrected chi connectivity index (χ1v) is 8.35. The highest BCUT2D eigenvalue weighted by Crippen LogP contribution is 2.31. The molecule has 3 rings (SSSR count). The van der Waals surface area contributed by atoms with Crippen LogP contribution in [0.25, 0.3) is 0 Å². The van der Waals surface area contributed by atoms with Gasteiger partial charge in [0.25, 0.3) is 5.91 Å². The Hall–Kier alpha value is -2.60. The highest BCUT2D eigenvalue weighted by molar-refractivity contribution is 5.99. The van der Waals surface area contributed by atoms with Gasteiger partial charge in [-0.3, -0.25) is 9.59 Å². The van der Waals surface area contributed by atoms with Crippen molar-refractivity contribution < 1.29 is 14.3 Å². The Morgan fingerprint density at radius 1 is 1.28 bits per heavy atom. The molecule has 0 spiro atoms. The topological polar surface area (TPSA) is 63.6 Å². The molecule has 1 aromatic heterocycles. The summed E-state index contributed by atoms with van der Waals surface area (Å²) in [4.78, 5) is 26.6. The number of benzene rings is 1. The molecule has 1 unspecified atom stereocenters. The second kappa shape index (κ2) is 7.11. The number of ketones is 1. The van der Waals surface area contributed by atoms with Crippen LogP contribution in [0.3, 0.4) is 0 Å². The number of rotatable bonds is 4. The SMILES string of the molecule is COc1ccccc1C1CNCCN1C(=O)c1cc(C(C)=O)cn1C. The average molecular weight is 341 g/mol. The minimum absolute atomic E-state index is 0.0451. The number of aryl methyl sites for hydroxylation is 1. The molecular weight excluding hydrogens is 318 g/mol. The number of ether oxygens (including phenoxy) is 1. The van der Waals surface area contributed by atoms with Crippen molar-refractivity contribution in [2.45, 2.75) is 13.0 Å². The molecule has 1 N–H and O–H groups in total. The predicted molar refractivity (Wildman–Crippen MR) is 95.1 cm³/mol. The Bertz CT molecular complexity index is 797. The number of methoxy groups -OCH3 is 1. The second-order valence-corrected chi connectivity index (χ2v) is 6.24. The third kappa shape index (κ3) is 3.30. The van der Waals surface area contributed by atoms with Gasteiger partial charge in [-0.2, -0.15) is 0 Å². The molecule has 1 aliphatic heterocycles. The first-order chi connectivity index (χ1) is 12.0. The first kappa shape index (κ1) is 17.2. The fourth-order valence-electron chi connectivity index (χ4n) is 3.28. The highest BCUT2D eigenvalue weighted by atomic mass is 16.5. The number of nitrogens with zero attached hydrogens (tertiary/aromatic N) is 2. The molecule has 1 aliphatic rings. The van der Waals surface area contributed by atoms with Gasteiger partial charge in [0, 0.05) is 44.0 Å². The molecule has 6 heteroatoms. The molecule has 0 bridgehead atoms. The number of para-hydroxylation sites is 1. The van der Waals surface area contributed by atoms with Crippen LogP contribution in [-0.2, 0) is 7.05 Å². The van der Waals surface area contributed by atoms with Gasteiger partial charge in [0.1, 0.15) is 11.4 Å². The van der Waals surface area contributed by atoms with E-state index >= 15 is 0 Å². The summed E-state index contributed by atoms with van der Waals surface area (Å²) in [5.41, 5.74) is 2.05. The summed E-state index contributed by atoms with van der Waals surface area (Å²) in [5.74, 6) is 0.647. The summed E-state index contributed by atoms with van der Waals surface area (Å²) < 4.78 is 7.20. The van der Waals surface area contributed by atoms with Crippen molar-refractivity contribution in [2.75, 3.05) is 26.7 Å². The van der Waals surface area contributed by atoms with Crippen LogP contribution < -0.4 is 10.1 Å². The van der Waals surface area contributed by atoms with Crippen molar-refractivity contribution in [3.63, 3.8) is 0 Å². The average Bonchev–Trinajstić information content (AvgIpc) is 3.03. The van der Waals surface area contributed by atoms with E-state index in [2.05, 4.69) is 5.32 Å². The van der Waals surface area contributed by atoms with Gasteiger partial charge in [-0.25, -0.2) is 0 Å². The number of amides is 1. The van der Waals surface area contributed by atoms with E-state index in [4.69, 9.17) is 4.74 Å². The Kier molecular flexibility index (Phi) is 4.90. The van der Waals surface area contributed by atoms with Gasteiger partial charge in [0.15, 0.2) is 5.78 Å². The van der Waals surface area contributed by atoms with E-state index in [-0.39, 0.29) is 17.7 Å². The maximum absolute atomic E-state index is 13.2. The standard InChI is InChI=1S/C19H23N3O3/c1-13(23)14-10-16(21(2)12-14)19(24)22-9-8-20-11-17(22)15-6-4-5-7-18(15)25-3/h4-7,10,12,17,20H,8-9,11H2,1-3H3. The highest BCUT2D eigenvalue weighted by Gasteiger charge is 2.31. The van der Waals surface area contributed by atoms with Gasteiger partial charge in [-0.1, -0.05) is 18.2 Å². The molecule has 1 atom stereocenters. The monoisotopic (exact) mass is 341 g/mol. The van der Waals surface area contributed by atoms with Gasteiger partial charge in [0.05, 0.1) is 13.2 Å².